The third-order valence-electron chi connectivity index (χ3n) is 4.25. The van der Waals surface area contributed by atoms with Crippen molar-refractivity contribution in [1.82, 2.24) is 0 Å². The van der Waals surface area contributed by atoms with E-state index in [0.717, 1.165) is 22.3 Å². The minimum absolute atomic E-state index is 0.0386. The lowest BCUT2D eigenvalue weighted by molar-refractivity contribution is -0.688. The molecule has 1 aromatic carbocycles. The lowest BCUT2D eigenvalue weighted by Crippen LogP contribution is -2.34. The number of benzene rings is 1. The average molecular weight is 328 g/mol. The van der Waals surface area contributed by atoms with Crippen molar-refractivity contribution in [3.63, 3.8) is 0 Å². The first-order valence-electron chi connectivity index (χ1n) is 8.48. The summed E-state index contributed by atoms with van der Waals surface area (Å²) in [6.45, 7) is 13.5. The second-order valence-corrected chi connectivity index (χ2v) is 8.58. The maximum Gasteiger partial charge on any atom is 0.174 e. The highest BCUT2D eigenvalue weighted by Crippen LogP contribution is 2.39. The predicted octanol–water partition coefficient (Wildman–Crippen LogP) is 3.82. The highest BCUT2D eigenvalue weighted by Gasteiger charge is 2.27. The summed E-state index contributed by atoms with van der Waals surface area (Å²) in [6, 6.07) is 8.06. The third kappa shape index (κ3) is 4.15. The topological polar surface area (TPSA) is 44.3 Å². The van der Waals surface area contributed by atoms with Crippen LogP contribution in [0.25, 0.3) is 0 Å². The van der Waals surface area contributed by atoms with Gasteiger partial charge in [-0.05, 0) is 29.0 Å². The van der Waals surface area contributed by atoms with Crippen molar-refractivity contribution in [3.05, 3.63) is 58.9 Å². The Morgan fingerprint density at radius 2 is 1.46 bits per heavy atom. The van der Waals surface area contributed by atoms with Crippen LogP contribution in [0.5, 0.6) is 5.75 Å². The number of aromatic hydroxyl groups is 1. The van der Waals surface area contributed by atoms with Crippen LogP contribution in [0.4, 0.5) is 0 Å². The molecule has 1 aromatic heterocycles. The Labute approximate surface area is 145 Å². The lowest BCUT2D eigenvalue weighted by atomic mass is 9.78. The van der Waals surface area contributed by atoms with Gasteiger partial charge < -0.3 is 10.2 Å². The number of rotatable bonds is 3. The Morgan fingerprint density at radius 3 is 1.92 bits per heavy atom. The molecule has 2 aromatic rings. The van der Waals surface area contributed by atoms with Gasteiger partial charge in [0.25, 0.3) is 0 Å². The van der Waals surface area contributed by atoms with Crippen molar-refractivity contribution in [3.8, 4) is 5.75 Å². The maximum absolute atomic E-state index is 10.8. The molecule has 0 radical (unpaired) electrons. The zero-order valence-electron chi connectivity index (χ0n) is 15.7. The fourth-order valence-electron chi connectivity index (χ4n) is 2.91. The molecule has 0 bridgehead atoms. The molecule has 0 saturated carbocycles. The van der Waals surface area contributed by atoms with Crippen LogP contribution in [-0.2, 0) is 24.0 Å². The smallest absolute Gasteiger partial charge is 0.174 e. The molecule has 2 N–H and O–H groups in total. The molecular weight excluding hydrogens is 298 g/mol. The van der Waals surface area contributed by atoms with Crippen molar-refractivity contribution >= 4 is 0 Å². The van der Waals surface area contributed by atoms with Crippen LogP contribution in [0.2, 0.25) is 0 Å². The lowest BCUT2D eigenvalue weighted by Gasteiger charge is -2.27. The summed E-state index contributed by atoms with van der Waals surface area (Å²) in [7, 11) is 0. The van der Waals surface area contributed by atoms with Gasteiger partial charge in [-0.1, -0.05) is 41.5 Å². The molecule has 0 amide bonds. The third-order valence-corrected chi connectivity index (χ3v) is 4.25. The summed E-state index contributed by atoms with van der Waals surface area (Å²) in [5, 5.41) is 20.1. The van der Waals surface area contributed by atoms with Gasteiger partial charge >= 0.3 is 0 Å². The molecule has 0 aliphatic heterocycles. The second kappa shape index (κ2) is 6.56. The number of phenols is 1. The molecule has 3 heteroatoms. The van der Waals surface area contributed by atoms with Gasteiger partial charge in [0.1, 0.15) is 5.75 Å². The van der Waals surface area contributed by atoms with Gasteiger partial charge in [-0.3, -0.25) is 0 Å². The Balaban J connectivity index is 2.53. The quantitative estimate of drug-likeness (QED) is 0.841. The van der Waals surface area contributed by atoms with Crippen molar-refractivity contribution in [2.24, 2.45) is 0 Å². The summed E-state index contributed by atoms with van der Waals surface area (Å²) in [4.78, 5) is 0. The normalized spacial score (nSPS) is 12.5. The van der Waals surface area contributed by atoms with Crippen LogP contribution in [0.1, 0.15) is 63.8 Å². The summed E-state index contributed by atoms with van der Waals surface area (Å²) < 4.78 is 2.07. The molecule has 130 valence electrons. The van der Waals surface area contributed by atoms with Gasteiger partial charge in [0.15, 0.2) is 18.9 Å². The number of hydrogen-bond donors (Lipinski definition) is 2. The molecule has 3 nitrogen and oxygen atoms in total. The zero-order chi connectivity index (χ0) is 18.1. The van der Waals surface area contributed by atoms with E-state index in [4.69, 9.17) is 0 Å². The molecule has 0 fully saturated rings. The Bertz CT molecular complexity index is 686. The minimum atomic E-state index is -0.127. The first-order chi connectivity index (χ1) is 11.0. The van der Waals surface area contributed by atoms with Gasteiger partial charge in [0.2, 0.25) is 0 Å². The first-order valence-corrected chi connectivity index (χ1v) is 8.48. The number of pyridine rings is 1. The summed E-state index contributed by atoms with van der Waals surface area (Å²) in [6.07, 6.45) is 3.96. The molecule has 1 heterocycles. The Hall–Kier alpha value is -1.87. The average Bonchev–Trinajstić information content (AvgIpc) is 2.46. The number of phenolic OH excluding ortho intramolecular Hbond substituents is 1. The molecule has 2 rings (SSSR count). The van der Waals surface area contributed by atoms with Crippen molar-refractivity contribution in [1.29, 1.82) is 0 Å². The van der Waals surface area contributed by atoms with Crippen LogP contribution in [0, 0.1) is 0 Å². The van der Waals surface area contributed by atoms with Crippen LogP contribution in [0.3, 0.4) is 0 Å². The van der Waals surface area contributed by atoms with Gasteiger partial charge in [0, 0.05) is 28.3 Å². The minimum Gasteiger partial charge on any atom is -0.507 e. The Morgan fingerprint density at radius 1 is 0.917 bits per heavy atom. The summed E-state index contributed by atoms with van der Waals surface area (Å²) in [5.74, 6) is 0.410. The van der Waals surface area contributed by atoms with E-state index in [1.54, 1.807) is 0 Å². The zero-order valence-corrected chi connectivity index (χ0v) is 15.7. The molecule has 0 spiro atoms. The number of hydrogen-bond acceptors (Lipinski definition) is 2. The number of aliphatic hydroxyl groups excluding tert-OH is 1. The fraction of sp³-hybridized carbons (Fsp3) is 0.476. The number of aromatic nitrogens is 1. The van der Waals surface area contributed by atoms with Crippen LogP contribution < -0.4 is 4.57 Å². The van der Waals surface area contributed by atoms with Gasteiger partial charge in [-0.2, -0.15) is 0 Å². The van der Waals surface area contributed by atoms with E-state index in [1.165, 1.54) is 0 Å². The first kappa shape index (κ1) is 18.5. The van der Waals surface area contributed by atoms with Crippen LogP contribution in [-0.4, -0.2) is 10.2 Å². The van der Waals surface area contributed by atoms with E-state index in [-0.39, 0.29) is 17.4 Å². The van der Waals surface area contributed by atoms with E-state index in [1.807, 2.05) is 24.5 Å². The molecular formula is C21H30NO2+. The molecule has 0 aliphatic rings. The van der Waals surface area contributed by atoms with Crippen molar-refractivity contribution in [2.75, 3.05) is 0 Å². The molecule has 0 aliphatic carbocycles. The monoisotopic (exact) mass is 328 g/mol. The van der Waals surface area contributed by atoms with Gasteiger partial charge in [-0.25, -0.2) is 4.57 Å². The van der Waals surface area contributed by atoms with Crippen LogP contribution >= 0.6 is 0 Å². The van der Waals surface area contributed by atoms with Crippen LogP contribution in [0.15, 0.2) is 36.7 Å². The largest absolute Gasteiger partial charge is 0.507 e. The molecule has 0 atom stereocenters. The number of nitrogens with zero attached hydrogens (tertiary/aromatic N) is 1. The number of aliphatic hydroxyl groups is 1. The maximum atomic E-state index is 10.8. The summed E-state index contributed by atoms with van der Waals surface area (Å²) >= 11 is 0. The van der Waals surface area contributed by atoms with E-state index in [0.29, 0.717) is 12.3 Å². The highest BCUT2D eigenvalue weighted by atomic mass is 16.3. The van der Waals surface area contributed by atoms with E-state index in [9.17, 15) is 10.2 Å². The predicted molar refractivity (Wildman–Crippen MR) is 97.2 cm³/mol. The fourth-order valence-corrected chi connectivity index (χ4v) is 2.91. The van der Waals surface area contributed by atoms with E-state index < -0.39 is 0 Å². The highest BCUT2D eigenvalue weighted by molar-refractivity contribution is 5.49. The Kier molecular flexibility index (Phi) is 5.05. The molecule has 0 unspecified atom stereocenters. The summed E-state index contributed by atoms with van der Waals surface area (Å²) in [5.41, 5.74) is 3.74. The van der Waals surface area contributed by atoms with E-state index in [2.05, 4.69) is 58.2 Å². The SMILES string of the molecule is CC(C)(C)c1cc(C[n+]2cccc(CO)c2)cc(C(C)(C)C)c1O. The molecule has 0 saturated heterocycles. The van der Waals surface area contributed by atoms with Gasteiger partial charge in [-0.15, -0.1) is 0 Å². The standard InChI is InChI=1S/C21H29NO2/c1-20(2,3)17-10-16(11-18(19(17)24)21(4,5)6)13-22-9-7-8-15(12-22)14-23/h7-12,23H,13-14H2,1-6H3/p+1. The molecule has 24 heavy (non-hydrogen) atoms. The second-order valence-electron chi connectivity index (χ2n) is 8.58. The van der Waals surface area contributed by atoms with Crippen molar-refractivity contribution < 1.29 is 14.8 Å². The van der Waals surface area contributed by atoms with Crippen molar-refractivity contribution in [2.45, 2.75) is 65.5 Å². The van der Waals surface area contributed by atoms with E-state index >= 15 is 0 Å². The van der Waals surface area contributed by atoms with Gasteiger partial charge in [0.05, 0.1) is 6.61 Å².